The summed E-state index contributed by atoms with van der Waals surface area (Å²) in [5.74, 6) is 1.31. The van der Waals surface area contributed by atoms with Crippen molar-refractivity contribution >= 4 is 23.4 Å². The highest BCUT2D eigenvalue weighted by atomic mass is 35.5. The van der Waals surface area contributed by atoms with Crippen LogP contribution in [0.3, 0.4) is 0 Å². The third kappa shape index (κ3) is 12.3. The second kappa shape index (κ2) is 12.3. The maximum absolute atomic E-state index is 5.38. The second-order valence-corrected chi connectivity index (χ2v) is 4.21. The van der Waals surface area contributed by atoms with E-state index in [1.165, 1.54) is 31.4 Å². The van der Waals surface area contributed by atoms with Crippen LogP contribution in [0.25, 0.3) is 0 Å². The molecule has 0 amide bonds. The van der Waals surface area contributed by atoms with Crippen molar-refractivity contribution in [2.45, 2.75) is 25.7 Å². The van der Waals surface area contributed by atoms with Crippen LogP contribution in [0.15, 0.2) is 11.6 Å². The Bertz CT molecular complexity index is 117. The normalized spacial score (nSPS) is 11.2. The molecule has 0 aliphatic carbocycles. The molecule has 0 saturated carbocycles. The zero-order chi connectivity index (χ0) is 9.78. The molecule has 0 unspecified atom stereocenters. The van der Waals surface area contributed by atoms with Crippen LogP contribution < -0.4 is 5.32 Å². The van der Waals surface area contributed by atoms with Gasteiger partial charge >= 0.3 is 0 Å². The fraction of sp³-hybridized carbons (Fsp3) is 0.800. The molecule has 0 aliphatic rings. The molecular weight excluding hydrogens is 202 g/mol. The van der Waals surface area contributed by atoms with Crippen LogP contribution in [-0.4, -0.2) is 25.1 Å². The first-order chi connectivity index (χ1) is 6.41. The number of unbranched alkanes of at least 4 members (excludes halogenated alkanes) is 3. The first-order valence-corrected chi connectivity index (χ1v) is 6.69. The van der Waals surface area contributed by atoms with Crippen LogP contribution in [0, 0.1) is 0 Å². The smallest absolute Gasteiger partial charge is 0.0146 e. The van der Waals surface area contributed by atoms with Gasteiger partial charge in [0, 0.05) is 12.1 Å². The largest absolute Gasteiger partial charge is 0.313 e. The quantitative estimate of drug-likeness (QED) is 0.600. The predicted molar refractivity (Wildman–Crippen MR) is 64.7 cm³/mol. The third-order valence-corrected chi connectivity index (χ3v) is 2.68. The molecule has 0 aromatic rings. The first-order valence-electron chi connectivity index (χ1n) is 4.86. The Morgan fingerprint density at radius 2 is 2.00 bits per heavy atom. The lowest BCUT2D eigenvalue weighted by molar-refractivity contribution is 0.622. The molecule has 0 saturated heterocycles. The Kier molecular flexibility index (Phi) is 12.7. The lowest BCUT2D eigenvalue weighted by Crippen LogP contribution is -2.14. The maximum atomic E-state index is 5.38. The van der Waals surface area contributed by atoms with E-state index in [2.05, 4.69) is 11.6 Å². The molecule has 0 heterocycles. The highest BCUT2D eigenvalue weighted by molar-refractivity contribution is 7.98. The van der Waals surface area contributed by atoms with Gasteiger partial charge in [-0.3, -0.25) is 0 Å². The average molecular weight is 222 g/mol. The van der Waals surface area contributed by atoms with E-state index in [9.17, 15) is 0 Å². The van der Waals surface area contributed by atoms with Crippen molar-refractivity contribution in [3.05, 3.63) is 11.6 Å². The Balaban J connectivity index is 2.83. The van der Waals surface area contributed by atoms with Crippen LogP contribution in [0.4, 0.5) is 0 Å². The van der Waals surface area contributed by atoms with E-state index >= 15 is 0 Å². The van der Waals surface area contributed by atoms with Crippen molar-refractivity contribution in [1.82, 2.24) is 5.32 Å². The van der Waals surface area contributed by atoms with Crippen molar-refractivity contribution in [1.29, 1.82) is 0 Å². The molecule has 0 radical (unpaired) electrons. The summed E-state index contributed by atoms with van der Waals surface area (Å²) in [6.07, 6.45) is 9.45. The number of nitrogens with one attached hydrogen (secondary N) is 1. The van der Waals surface area contributed by atoms with Crippen molar-refractivity contribution < 1.29 is 0 Å². The number of halogens is 1. The Morgan fingerprint density at radius 1 is 1.23 bits per heavy atom. The maximum Gasteiger partial charge on any atom is 0.0146 e. The monoisotopic (exact) mass is 221 g/mol. The lowest BCUT2D eigenvalue weighted by atomic mass is 10.2. The van der Waals surface area contributed by atoms with Crippen LogP contribution >= 0.6 is 23.4 Å². The molecule has 0 spiro atoms. The number of rotatable bonds is 9. The standard InChI is InChI=1S/C10H20ClNS/c1-13-10-5-3-2-4-8-12-9-6-7-11/h6-7,12H,2-5,8-10H2,1H3/b7-6+. The van der Waals surface area contributed by atoms with E-state index in [4.69, 9.17) is 11.6 Å². The Hall–Kier alpha value is 0.340. The lowest BCUT2D eigenvalue weighted by Gasteiger charge is -2.01. The fourth-order valence-electron chi connectivity index (χ4n) is 1.08. The van der Waals surface area contributed by atoms with Gasteiger partial charge < -0.3 is 5.32 Å². The summed E-state index contributed by atoms with van der Waals surface area (Å²) in [5.41, 5.74) is 1.56. The van der Waals surface area contributed by atoms with E-state index < -0.39 is 0 Å². The summed E-state index contributed by atoms with van der Waals surface area (Å²) >= 11 is 7.31. The minimum absolute atomic E-state index is 0.897. The summed E-state index contributed by atoms with van der Waals surface area (Å²) < 4.78 is 0. The molecule has 0 aromatic heterocycles. The molecule has 3 heteroatoms. The topological polar surface area (TPSA) is 12.0 Å². The molecule has 1 N–H and O–H groups in total. The molecule has 78 valence electrons. The number of hydrogen-bond acceptors (Lipinski definition) is 2. The van der Waals surface area contributed by atoms with E-state index in [1.807, 2.05) is 17.8 Å². The molecule has 0 fully saturated rings. The van der Waals surface area contributed by atoms with Gasteiger partial charge in [0.25, 0.3) is 0 Å². The van der Waals surface area contributed by atoms with Gasteiger partial charge in [-0.2, -0.15) is 11.8 Å². The van der Waals surface area contributed by atoms with Gasteiger partial charge in [-0.05, 0) is 31.4 Å². The van der Waals surface area contributed by atoms with Crippen molar-refractivity contribution in [2.75, 3.05) is 25.1 Å². The van der Waals surface area contributed by atoms with Crippen molar-refractivity contribution in [2.24, 2.45) is 0 Å². The van der Waals surface area contributed by atoms with E-state index in [-0.39, 0.29) is 0 Å². The average Bonchev–Trinajstić information content (AvgIpc) is 2.16. The van der Waals surface area contributed by atoms with E-state index in [0.717, 1.165) is 13.1 Å². The van der Waals surface area contributed by atoms with Crippen LogP contribution in [0.1, 0.15) is 25.7 Å². The van der Waals surface area contributed by atoms with Gasteiger partial charge in [0.15, 0.2) is 0 Å². The number of thioether (sulfide) groups is 1. The zero-order valence-electron chi connectivity index (χ0n) is 8.39. The van der Waals surface area contributed by atoms with Gasteiger partial charge in [0.05, 0.1) is 0 Å². The fourth-order valence-corrected chi connectivity index (χ4v) is 1.66. The SMILES string of the molecule is CSCCCCCCNC/C=C/Cl. The first kappa shape index (κ1) is 13.3. The van der Waals surface area contributed by atoms with Crippen LogP contribution in [-0.2, 0) is 0 Å². The van der Waals surface area contributed by atoms with Crippen LogP contribution in [0.5, 0.6) is 0 Å². The molecule has 0 atom stereocenters. The molecule has 0 aromatic carbocycles. The molecule has 13 heavy (non-hydrogen) atoms. The van der Waals surface area contributed by atoms with Gasteiger partial charge in [-0.1, -0.05) is 30.5 Å². The summed E-state index contributed by atoms with van der Waals surface area (Å²) in [4.78, 5) is 0. The van der Waals surface area contributed by atoms with Crippen molar-refractivity contribution in [3.8, 4) is 0 Å². The molecule has 0 aliphatic heterocycles. The summed E-state index contributed by atoms with van der Waals surface area (Å²) in [6, 6.07) is 0. The minimum Gasteiger partial charge on any atom is -0.313 e. The zero-order valence-corrected chi connectivity index (χ0v) is 9.96. The molecule has 0 bridgehead atoms. The van der Waals surface area contributed by atoms with Gasteiger partial charge in [-0.15, -0.1) is 0 Å². The second-order valence-electron chi connectivity index (χ2n) is 2.97. The Morgan fingerprint density at radius 3 is 2.69 bits per heavy atom. The molecule has 0 rings (SSSR count). The van der Waals surface area contributed by atoms with Crippen molar-refractivity contribution in [3.63, 3.8) is 0 Å². The van der Waals surface area contributed by atoms with E-state index in [1.54, 1.807) is 5.54 Å². The molecule has 1 nitrogen and oxygen atoms in total. The summed E-state index contributed by atoms with van der Waals surface area (Å²) in [6.45, 7) is 2.01. The van der Waals surface area contributed by atoms with Gasteiger partial charge in [0.1, 0.15) is 0 Å². The predicted octanol–water partition coefficient (Wildman–Crippen LogP) is 3.25. The van der Waals surface area contributed by atoms with Crippen LogP contribution in [0.2, 0.25) is 0 Å². The van der Waals surface area contributed by atoms with E-state index in [0.29, 0.717) is 0 Å². The Labute approximate surface area is 91.3 Å². The highest BCUT2D eigenvalue weighted by Gasteiger charge is 1.88. The number of hydrogen-bond donors (Lipinski definition) is 1. The summed E-state index contributed by atoms with van der Waals surface area (Å²) in [5, 5.41) is 3.30. The third-order valence-electron chi connectivity index (χ3n) is 1.80. The minimum atomic E-state index is 0.897. The molecular formula is C10H20ClNS. The van der Waals surface area contributed by atoms with Gasteiger partial charge in [-0.25, -0.2) is 0 Å². The summed E-state index contributed by atoms with van der Waals surface area (Å²) in [7, 11) is 0. The van der Waals surface area contributed by atoms with Gasteiger partial charge in [0.2, 0.25) is 0 Å². The highest BCUT2D eigenvalue weighted by Crippen LogP contribution is 2.03.